The molecular formula is C18H18ClNO2. The van der Waals surface area contributed by atoms with Crippen LogP contribution < -0.4 is 0 Å². The number of morpholine rings is 1. The summed E-state index contributed by atoms with van der Waals surface area (Å²) in [6.07, 6.45) is -0.0643. The zero-order chi connectivity index (χ0) is 15.5. The molecule has 0 aromatic heterocycles. The molecule has 2 aromatic carbocycles. The van der Waals surface area contributed by atoms with Crippen LogP contribution in [0, 0.1) is 6.92 Å². The van der Waals surface area contributed by atoms with Gasteiger partial charge in [0.15, 0.2) is 0 Å². The lowest BCUT2D eigenvalue weighted by atomic mass is 10.1. The molecule has 0 bridgehead atoms. The molecule has 0 N–H and O–H groups in total. The summed E-state index contributed by atoms with van der Waals surface area (Å²) in [7, 11) is 0. The number of aryl methyl sites for hydroxylation is 1. The van der Waals surface area contributed by atoms with Gasteiger partial charge in [-0.05, 0) is 36.8 Å². The Hall–Kier alpha value is -1.84. The van der Waals surface area contributed by atoms with Crippen molar-refractivity contribution in [1.82, 2.24) is 4.90 Å². The zero-order valence-electron chi connectivity index (χ0n) is 12.5. The maximum absolute atomic E-state index is 12.6. The number of rotatable bonds is 2. The Morgan fingerprint density at radius 3 is 2.50 bits per heavy atom. The van der Waals surface area contributed by atoms with Gasteiger partial charge in [-0.25, -0.2) is 0 Å². The molecular weight excluding hydrogens is 298 g/mol. The van der Waals surface area contributed by atoms with Crippen molar-refractivity contribution < 1.29 is 9.53 Å². The Bertz CT molecular complexity index is 652. The summed E-state index contributed by atoms with van der Waals surface area (Å²) in [5, 5.41) is 0.635. The van der Waals surface area contributed by atoms with Gasteiger partial charge in [-0.15, -0.1) is 0 Å². The van der Waals surface area contributed by atoms with Crippen LogP contribution in [-0.2, 0) is 4.74 Å². The van der Waals surface area contributed by atoms with Crippen molar-refractivity contribution in [3.05, 3.63) is 70.2 Å². The van der Waals surface area contributed by atoms with Crippen LogP contribution in [0.5, 0.6) is 0 Å². The highest BCUT2D eigenvalue weighted by molar-refractivity contribution is 6.30. The lowest BCUT2D eigenvalue weighted by molar-refractivity contribution is -0.0228. The first kappa shape index (κ1) is 15.1. The van der Waals surface area contributed by atoms with Crippen LogP contribution in [0.25, 0.3) is 0 Å². The van der Waals surface area contributed by atoms with Crippen molar-refractivity contribution in [3.8, 4) is 0 Å². The van der Waals surface area contributed by atoms with Gasteiger partial charge >= 0.3 is 0 Å². The fourth-order valence-electron chi connectivity index (χ4n) is 2.59. The lowest BCUT2D eigenvalue weighted by Gasteiger charge is -2.33. The van der Waals surface area contributed by atoms with Crippen molar-refractivity contribution in [2.24, 2.45) is 0 Å². The minimum absolute atomic E-state index is 0.0251. The summed E-state index contributed by atoms with van der Waals surface area (Å²) in [5.74, 6) is 0.0251. The SMILES string of the molecule is Cc1ccc(C2CN(C(=O)c3ccc(Cl)cc3)CCO2)cc1. The fraction of sp³-hybridized carbons (Fsp3) is 0.278. The first-order valence-electron chi connectivity index (χ1n) is 7.36. The highest BCUT2D eigenvalue weighted by Gasteiger charge is 2.26. The van der Waals surface area contributed by atoms with Crippen molar-refractivity contribution >= 4 is 17.5 Å². The Balaban J connectivity index is 1.73. The molecule has 1 amide bonds. The number of carbonyl (C=O) groups is 1. The van der Waals surface area contributed by atoms with Crippen molar-refractivity contribution in [2.45, 2.75) is 13.0 Å². The summed E-state index contributed by atoms with van der Waals surface area (Å²) in [6, 6.07) is 15.3. The van der Waals surface area contributed by atoms with E-state index >= 15 is 0 Å². The average molecular weight is 316 g/mol. The van der Waals surface area contributed by atoms with Crippen molar-refractivity contribution in [2.75, 3.05) is 19.7 Å². The topological polar surface area (TPSA) is 29.5 Å². The maximum atomic E-state index is 12.6. The summed E-state index contributed by atoms with van der Waals surface area (Å²) >= 11 is 5.87. The molecule has 1 fully saturated rings. The molecule has 0 radical (unpaired) electrons. The molecule has 2 aromatic rings. The van der Waals surface area contributed by atoms with Crippen molar-refractivity contribution in [1.29, 1.82) is 0 Å². The number of carbonyl (C=O) groups excluding carboxylic acids is 1. The Morgan fingerprint density at radius 2 is 1.82 bits per heavy atom. The number of hydrogen-bond donors (Lipinski definition) is 0. The Labute approximate surface area is 135 Å². The van der Waals surface area contributed by atoms with Crippen LogP contribution in [0.4, 0.5) is 0 Å². The number of amides is 1. The molecule has 0 aliphatic carbocycles. The summed E-state index contributed by atoms with van der Waals surface area (Å²) in [4.78, 5) is 14.4. The van der Waals surface area contributed by atoms with E-state index < -0.39 is 0 Å². The fourth-order valence-corrected chi connectivity index (χ4v) is 2.72. The predicted octanol–water partition coefficient (Wildman–Crippen LogP) is 3.86. The number of hydrogen-bond acceptors (Lipinski definition) is 2. The second-order valence-electron chi connectivity index (χ2n) is 5.53. The largest absolute Gasteiger partial charge is 0.370 e. The molecule has 1 atom stereocenters. The first-order valence-corrected chi connectivity index (χ1v) is 7.74. The van der Waals surface area contributed by atoms with E-state index in [0.29, 0.717) is 30.3 Å². The van der Waals surface area contributed by atoms with Crippen molar-refractivity contribution in [3.63, 3.8) is 0 Å². The molecule has 0 spiro atoms. The highest BCUT2D eigenvalue weighted by atomic mass is 35.5. The van der Waals surface area contributed by atoms with Gasteiger partial charge in [0, 0.05) is 17.1 Å². The summed E-state index contributed by atoms with van der Waals surface area (Å²) < 4.78 is 5.82. The Kier molecular flexibility index (Phi) is 4.46. The third-order valence-electron chi connectivity index (χ3n) is 3.89. The van der Waals surface area contributed by atoms with Gasteiger partial charge in [-0.1, -0.05) is 41.4 Å². The van der Waals surface area contributed by atoms with Gasteiger partial charge in [-0.3, -0.25) is 4.79 Å². The van der Waals surface area contributed by atoms with E-state index in [4.69, 9.17) is 16.3 Å². The predicted molar refractivity (Wildman–Crippen MR) is 87.2 cm³/mol. The Morgan fingerprint density at radius 1 is 1.14 bits per heavy atom. The highest BCUT2D eigenvalue weighted by Crippen LogP contribution is 2.24. The van der Waals surface area contributed by atoms with Crippen LogP contribution in [0.1, 0.15) is 27.6 Å². The zero-order valence-corrected chi connectivity index (χ0v) is 13.2. The van der Waals surface area contributed by atoms with E-state index in [1.807, 2.05) is 4.90 Å². The van der Waals surface area contributed by atoms with E-state index in [-0.39, 0.29) is 12.0 Å². The second kappa shape index (κ2) is 6.51. The van der Waals surface area contributed by atoms with Gasteiger partial charge in [0.05, 0.1) is 13.2 Å². The van der Waals surface area contributed by atoms with E-state index in [1.54, 1.807) is 24.3 Å². The van der Waals surface area contributed by atoms with Crippen LogP contribution in [0.15, 0.2) is 48.5 Å². The molecule has 1 aliphatic heterocycles. The monoisotopic (exact) mass is 315 g/mol. The van der Waals surface area contributed by atoms with Crippen LogP contribution >= 0.6 is 11.6 Å². The molecule has 3 rings (SSSR count). The van der Waals surface area contributed by atoms with E-state index in [1.165, 1.54) is 5.56 Å². The van der Waals surface area contributed by atoms with E-state index in [2.05, 4.69) is 31.2 Å². The lowest BCUT2D eigenvalue weighted by Crippen LogP contribution is -2.42. The number of halogens is 1. The number of ether oxygens (including phenoxy) is 1. The van der Waals surface area contributed by atoms with Gasteiger partial charge in [-0.2, -0.15) is 0 Å². The summed E-state index contributed by atoms with van der Waals surface area (Å²) in [5.41, 5.74) is 2.99. The van der Waals surface area contributed by atoms with E-state index in [0.717, 1.165) is 5.56 Å². The third-order valence-corrected chi connectivity index (χ3v) is 4.15. The smallest absolute Gasteiger partial charge is 0.254 e. The minimum atomic E-state index is -0.0643. The van der Waals surface area contributed by atoms with Gasteiger partial charge < -0.3 is 9.64 Å². The van der Waals surface area contributed by atoms with E-state index in [9.17, 15) is 4.79 Å². The molecule has 1 aliphatic rings. The first-order chi connectivity index (χ1) is 10.6. The van der Waals surface area contributed by atoms with Gasteiger partial charge in [0.2, 0.25) is 0 Å². The molecule has 1 saturated heterocycles. The molecule has 1 unspecified atom stereocenters. The maximum Gasteiger partial charge on any atom is 0.254 e. The molecule has 3 nitrogen and oxygen atoms in total. The summed E-state index contributed by atoms with van der Waals surface area (Å²) in [6.45, 7) is 3.80. The number of benzene rings is 2. The quantitative estimate of drug-likeness (QED) is 0.842. The normalized spacial score (nSPS) is 18.3. The van der Waals surface area contributed by atoms with Gasteiger partial charge in [0.25, 0.3) is 5.91 Å². The third kappa shape index (κ3) is 3.32. The molecule has 0 saturated carbocycles. The molecule has 1 heterocycles. The standard InChI is InChI=1S/C18H18ClNO2/c1-13-2-4-14(5-3-13)17-12-20(10-11-22-17)18(21)15-6-8-16(19)9-7-15/h2-9,17H,10-12H2,1H3. The molecule has 4 heteroatoms. The van der Waals surface area contributed by atoms with Crippen LogP contribution in [0.2, 0.25) is 5.02 Å². The average Bonchev–Trinajstić information content (AvgIpc) is 2.56. The minimum Gasteiger partial charge on any atom is -0.370 e. The molecule has 22 heavy (non-hydrogen) atoms. The number of nitrogens with zero attached hydrogens (tertiary/aromatic N) is 1. The second-order valence-corrected chi connectivity index (χ2v) is 5.96. The van der Waals surface area contributed by atoms with Crippen LogP contribution in [0.3, 0.4) is 0 Å². The van der Waals surface area contributed by atoms with Gasteiger partial charge in [0.1, 0.15) is 6.10 Å². The molecule has 114 valence electrons. The van der Waals surface area contributed by atoms with Crippen LogP contribution in [-0.4, -0.2) is 30.5 Å².